The van der Waals surface area contributed by atoms with Crippen molar-refractivity contribution in [2.75, 3.05) is 7.11 Å². The molecule has 0 aliphatic heterocycles. The zero-order chi connectivity index (χ0) is 10.7. The Kier molecular flexibility index (Phi) is 2.86. The number of methoxy groups -OCH3 is 1. The predicted molar refractivity (Wildman–Crippen MR) is 49.5 cm³/mol. The van der Waals surface area contributed by atoms with Gasteiger partial charge >= 0.3 is 5.97 Å². The third-order valence-corrected chi connectivity index (χ3v) is 1.79. The van der Waals surface area contributed by atoms with Crippen LogP contribution in [0.25, 0.3) is 0 Å². The fraction of sp³-hybridized carbons (Fsp3) is 0.200. The maximum atomic E-state index is 11.2. The van der Waals surface area contributed by atoms with Gasteiger partial charge < -0.3 is 9.84 Å². The van der Waals surface area contributed by atoms with Crippen molar-refractivity contribution in [2.24, 2.45) is 0 Å². The highest BCUT2D eigenvalue weighted by atomic mass is 16.5. The van der Waals surface area contributed by atoms with Crippen LogP contribution in [0.4, 0.5) is 0 Å². The van der Waals surface area contributed by atoms with Crippen LogP contribution >= 0.6 is 0 Å². The number of phenols is 1. The summed E-state index contributed by atoms with van der Waals surface area (Å²) in [6, 6.07) is 3.95. The zero-order valence-corrected chi connectivity index (χ0v) is 7.90. The van der Waals surface area contributed by atoms with Crippen LogP contribution in [0.2, 0.25) is 0 Å². The van der Waals surface area contributed by atoms with Crippen LogP contribution in [-0.4, -0.2) is 24.0 Å². The van der Waals surface area contributed by atoms with Gasteiger partial charge in [0.15, 0.2) is 5.78 Å². The number of aromatic hydroxyl groups is 1. The minimum absolute atomic E-state index is 0.0737. The Labute approximate surface area is 81.1 Å². The molecule has 0 radical (unpaired) electrons. The molecule has 0 bridgehead atoms. The van der Waals surface area contributed by atoms with E-state index in [0.717, 1.165) is 0 Å². The largest absolute Gasteiger partial charge is 0.508 e. The molecule has 0 heterocycles. The lowest BCUT2D eigenvalue weighted by Crippen LogP contribution is -2.08. The highest BCUT2D eigenvalue weighted by Gasteiger charge is 2.15. The van der Waals surface area contributed by atoms with E-state index in [4.69, 9.17) is 5.11 Å². The zero-order valence-electron chi connectivity index (χ0n) is 7.90. The van der Waals surface area contributed by atoms with Crippen molar-refractivity contribution in [3.63, 3.8) is 0 Å². The summed E-state index contributed by atoms with van der Waals surface area (Å²) in [5.74, 6) is -0.952. The fourth-order valence-electron chi connectivity index (χ4n) is 1.12. The summed E-state index contributed by atoms with van der Waals surface area (Å²) < 4.78 is 4.48. The molecule has 4 heteroatoms. The topological polar surface area (TPSA) is 63.6 Å². The number of ketones is 1. The summed E-state index contributed by atoms with van der Waals surface area (Å²) in [5, 5.41) is 9.14. The highest BCUT2D eigenvalue weighted by molar-refractivity contribution is 6.05. The normalized spacial score (nSPS) is 9.57. The maximum absolute atomic E-state index is 11.2. The minimum atomic E-state index is -0.633. The first kappa shape index (κ1) is 10.2. The predicted octanol–water partition coefficient (Wildman–Crippen LogP) is 1.38. The van der Waals surface area contributed by atoms with Crippen molar-refractivity contribution in [1.82, 2.24) is 0 Å². The SMILES string of the molecule is COC(=O)c1cc(O)ccc1C(C)=O. The Morgan fingerprint density at radius 1 is 1.29 bits per heavy atom. The van der Waals surface area contributed by atoms with Gasteiger partial charge in [0.2, 0.25) is 0 Å². The molecule has 0 aliphatic rings. The molecule has 0 spiro atoms. The van der Waals surface area contributed by atoms with Gasteiger partial charge in [-0.05, 0) is 25.1 Å². The summed E-state index contributed by atoms with van der Waals surface area (Å²) in [7, 11) is 1.22. The van der Waals surface area contributed by atoms with Crippen molar-refractivity contribution in [2.45, 2.75) is 6.92 Å². The summed E-state index contributed by atoms with van der Waals surface area (Å²) in [5.41, 5.74) is 0.328. The fourth-order valence-corrected chi connectivity index (χ4v) is 1.12. The lowest BCUT2D eigenvalue weighted by Gasteiger charge is -2.04. The number of carbonyl (C=O) groups is 2. The summed E-state index contributed by atoms with van der Waals surface area (Å²) >= 11 is 0. The third kappa shape index (κ3) is 1.90. The monoisotopic (exact) mass is 194 g/mol. The van der Waals surface area contributed by atoms with Crippen LogP contribution in [0.5, 0.6) is 5.75 Å². The van der Waals surface area contributed by atoms with Crippen LogP contribution in [0, 0.1) is 0 Å². The second kappa shape index (κ2) is 3.91. The first-order valence-electron chi connectivity index (χ1n) is 3.98. The van der Waals surface area contributed by atoms with Crippen molar-refractivity contribution in [3.05, 3.63) is 29.3 Å². The molecule has 1 aromatic carbocycles. The first-order chi connectivity index (χ1) is 6.56. The Morgan fingerprint density at radius 3 is 2.43 bits per heavy atom. The van der Waals surface area contributed by atoms with E-state index in [0.29, 0.717) is 0 Å². The molecule has 0 unspecified atom stereocenters. The number of rotatable bonds is 2. The molecular formula is C10H10O4. The second-order valence-electron chi connectivity index (χ2n) is 2.78. The lowest BCUT2D eigenvalue weighted by molar-refractivity contribution is 0.0596. The lowest BCUT2D eigenvalue weighted by atomic mass is 10.0. The molecule has 74 valence electrons. The molecule has 1 N–H and O–H groups in total. The van der Waals surface area contributed by atoms with Gasteiger partial charge in [0.25, 0.3) is 0 Å². The number of benzene rings is 1. The summed E-state index contributed by atoms with van der Waals surface area (Å²) in [4.78, 5) is 22.3. The van der Waals surface area contributed by atoms with E-state index in [1.54, 1.807) is 0 Å². The Balaban J connectivity index is 3.29. The molecule has 14 heavy (non-hydrogen) atoms. The second-order valence-corrected chi connectivity index (χ2v) is 2.78. The van der Waals surface area contributed by atoms with E-state index < -0.39 is 5.97 Å². The molecule has 0 fully saturated rings. The number of phenolic OH excluding ortho intramolecular Hbond substituents is 1. The number of ether oxygens (including phenoxy) is 1. The van der Waals surface area contributed by atoms with Crippen molar-refractivity contribution in [3.8, 4) is 5.75 Å². The molecule has 4 nitrogen and oxygen atoms in total. The molecule has 0 amide bonds. The molecule has 0 saturated heterocycles. The number of hydrogen-bond donors (Lipinski definition) is 1. The van der Waals surface area contributed by atoms with Crippen LogP contribution < -0.4 is 0 Å². The Bertz CT molecular complexity index is 382. The van der Waals surface area contributed by atoms with Gasteiger partial charge in [-0.15, -0.1) is 0 Å². The van der Waals surface area contributed by atoms with Gasteiger partial charge in [-0.3, -0.25) is 4.79 Å². The highest BCUT2D eigenvalue weighted by Crippen LogP contribution is 2.17. The van der Waals surface area contributed by atoms with Gasteiger partial charge in [-0.1, -0.05) is 0 Å². The number of esters is 1. The van der Waals surface area contributed by atoms with Crippen molar-refractivity contribution in [1.29, 1.82) is 0 Å². The van der Waals surface area contributed by atoms with Crippen LogP contribution in [0.1, 0.15) is 27.6 Å². The molecule has 0 atom stereocenters. The standard InChI is InChI=1S/C10H10O4/c1-6(11)8-4-3-7(12)5-9(8)10(13)14-2/h3-5,12H,1-2H3. The Morgan fingerprint density at radius 2 is 1.93 bits per heavy atom. The number of hydrogen-bond acceptors (Lipinski definition) is 4. The van der Waals surface area contributed by atoms with Crippen molar-refractivity contribution < 1.29 is 19.4 Å². The molecule has 0 saturated carbocycles. The van der Waals surface area contributed by atoms with E-state index in [-0.39, 0.29) is 22.7 Å². The van der Waals surface area contributed by atoms with E-state index in [2.05, 4.69) is 4.74 Å². The molecular weight excluding hydrogens is 184 g/mol. The Hall–Kier alpha value is -1.84. The summed E-state index contributed by atoms with van der Waals surface area (Å²) in [6.07, 6.45) is 0. The van der Waals surface area contributed by atoms with E-state index in [9.17, 15) is 9.59 Å². The van der Waals surface area contributed by atoms with Gasteiger partial charge in [-0.2, -0.15) is 0 Å². The van der Waals surface area contributed by atoms with E-state index in [1.807, 2.05) is 0 Å². The van der Waals surface area contributed by atoms with Crippen LogP contribution in [0.15, 0.2) is 18.2 Å². The molecule has 0 aromatic heterocycles. The number of carbonyl (C=O) groups excluding carboxylic acids is 2. The van der Waals surface area contributed by atoms with Crippen LogP contribution in [0.3, 0.4) is 0 Å². The van der Waals surface area contributed by atoms with Gasteiger partial charge in [0.05, 0.1) is 12.7 Å². The van der Waals surface area contributed by atoms with E-state index in [1.165, 1.54) is 32.2 Å². The van der Waals surface area contributed by atoms with E-state index >= 15 is 0 Å². The van der Waals surface area contributed by atoms with Gasteiger partial charge in [-0.25, -0.2) is 4.79 Å². The van der Waals surface area contributed by atoms with Crippen molar-refractivity contribution >= 4 is 11.8 Å². The first-order valence-corrected chi connectivity index (χ1v) is 3.98. The summed E-state index contributed by atoms with van der Waals surface area (Å²) in [6.45, 7) is 1.35. The quantitative estimate of drug-likeness (QED) is 0.570. The molecule has 1 rings (SSSR count). The molecule has 0 aliphatic carbocycles. The average molecular weight is 194 g/mol. The minimum Gasteiger partial charge on any atom is -0.508 e. The third-order valence-electron chi connectivity index (χ3n) is 1.79. The molecule has 1 aromatic rings. The van der Waals surface area contributed by atoms with Gasteiger partial charge in [0, 0.05) is 5.56 Å². The number of Topliss-reactive ketones (excluding diaryl/α,β-unsaturated/α-hetero) is 1. The maximum Gasteiger partial charge on any atom is 0.338 e. The average Bonchev–Trinajstić information content (AvgIpc) is 2.16. The van der Waals surface area contributed by atoms with Gasteiger partial charge in [0.1, 0.15) is 5.75 Å². The van der Waals surface area contributed by atoms with Crippen LogP contribution in [-0.2, 0) is 4.74 Å². The smallest absolute Gasteiger partial charge is 0.338 e.